The third-order valence-corrected chi connectivity index (χ3v) is 6.51. The van der Waals surface area contributed by atoms with Gasteiger partial charge in [0.1, 0.15) is 5.75 Å². The van der Waals surface area contributed by atoms with Crippen LogP contribution in [0.2, 0.25) is 0 Å². The Labute approximate surface area is 175 Å². The largest absolute Gasteiger partial charge is 0.463 e. The van der Waals surface area contributed by atoms with Gasteiger partial charge < -0.3 is 9.64 Å². The molecule has 0 bridgehead atoms. The van der Waals surface area contributed by atoms with Gasteiger partial charge in [-0.1, -0.05) is 24.3 Å². The van der Waals surface area contributed by atoms with Crippen molar-refractivity contribution in [2.45, 2.75) is 25.0 Å². The summed E-state index contributed by atoms with van der Waals surface area (Å²) in [6, 6.07) is 21.1. The minimum Gasteiger partial charge on any atom is -0.463 e. The zero-order valence-electron chi connectivity index (χ0n) is 17.1. The Morgan fingerprint density at radius 2 is 1.67 bits per heavy atom. The normalized spacial score (nSPS) is 20.6. The van der Waals surface area contributed by atoms with Crippen molar-refractivity contribution in [2.75, 3.05) is 11.9 Å². The summed E-state index contributed by atoms with van der Waals surface area (Å²) in [4.78, 5) is 12.7. The Morgan fingerprint density at radius 1 is 0.967 bits per heavy atom. The molecule has 0 saturated carbocycles. The van der Waals surface area contributed by atoms with Gasteiger partial charge in [0.15, 0.2) is 0 Å². The number of nitrogens with zero attached hydrogens (tertiary/aromatic N) is 2. The lowest BCUT2D eigenvalue weighted by Crippen LogP contribution is -2.58. The van der Waals surface area contributed by atoms with Crippen molar-refractivity contribution in [1.82, 2.24) is 0 Å². The first-order chi connectivity index (χ1) is 14.3. The number of hydrogen-bond acceptors (Lipinski definition) is 4. The van der Waals surface area contributed by atoms with Crippen LogP contribution in [0.15, 0.2) is 72.8 Å². The zero-order chi connectivity index (χ0) is 21.1. The summed E-state index contributed by atoms with van der Waals surface area (Å²) < 4.78 is 6.68. The van der Waals surface area contributed by atoms with Crippen LogP contribution in [0, 0.1) is 10.1 Å². The van der Waals surface area contributed by atoms with Crippen molar-refractivity contribution in [3.8, 4) is 16.9 Å². The van der Waals surface area contributed by atoms with Gasteiger partial charge in [0.25, 0.3) is 5.69 Å². The lowest BCUT2D eigenvalue weighted by atomic mass is 9.76. The van der Waals surface area contributed by atoms with Crippen molar-refractivity contribution in [1.29, 1.82) is 0 Å². The zero-order valence-corrected chi connectivity index (χ0v) is 17.1. The van der Waals surface area contributed by atoms with Gasteiger partial charge in [0.2, 0.25) is 5.72 Å². The van der Waals surface area contributed by atoms with Gasteiger partial charge in [0.05, 0.1) is 10.3 Å². The van der Waals surface area contributed by atoms with Gasteiger partial charge in [-0.25, -0.2) is 0 Å². The van der Waals surface area contributed by atoms with Crippen LogP contribution in [0.1, 0.15) is 25.0 Å². The van der Waals surface area contributed by atoms with Crippen LogP contribution in [0.4, 0.5) is 11.4 Å². The molecule has 0 fully saturated rings. The summed E-state index contributed by atoms with van der Waals surface area (Å²) in [7, 11) is 2.08. The van der Waals surface area contributed by atoms with Crippen molar-refractivity contribution in [3.63, 3.8) is 0 Å². The van der Waals surface area contributed by atoms with Crippen LogP contribution < -0.4 is 9.64 Å². The number of anilines is 1. The van der Waals surface area contributed by atoms with Gasteiger partial charge in [-0.15, -0.1) is 0 Å². The second-order valence-corrected chi connectivity index (χ2v) is 8.39. The monoisotopic (exact) mass is 398 g/mol. The molecule has 5 nitrogen and oxygen atoms in total. The third kappa shape index (κ3) is 2.41. The lowest BCUT2D eigenvalue weighted by Gasteiger charge is -2.45. The van der Waals surface area contributed by atoms with Crippen LogP contribution in [0.3, 0.4) is 0 Å². The van der Waals surface area contributed by atoms with Crippen molar-refractivity contribution in [2.24, 2.45) is 0 Å². The summed E-state index contributed by atoms with van der Waals surface area (Å²) in [6.07, 6.45) is 4.27. The molecule has 0 saturated heterocycles. The van der Waals surface area contributed by atoms with Gasteiger partial charge >= 0.3 is 0 Å². The van der Waals surface area contributed by atoms with E-state index in [1.807, 2.05) is 12.1 Å². The molecule has 0 radical (unpaired) electrons. The van der Waals surface area contributed by atoms with Crippen molar-refractivity contribution in [3.05, 3.63) is 94.0 Å². The predicted molar refractivity (Wildman–Crippen MR) is 119 cm³/mol. The molecule has 150 valence electrons. The Kier molecular flexibility index (Phi) is 3.81. The first kappa shape index (κ1) is 18.4. The highest BCUT2D eigenvalue weighted by atomic mass is 16.6. The summed E-state index contributed by atoms with van der Waals surface area (Å²) in [5, 5.41) is 10.9. The molecule has 2 aliphatic rings. The Hall–Kier alpha value is -3.60. The number of fused-ring (bicyclic) bond motifs is 2. The molecule has 1 unspecified atom stereocenters. The second kappa shape index (κ2) is 6.20. The molecule has 2 aliphatic heterocycles. The number of hydrogen-bond donors (Lipinski definition) is 0. The molecule has 5 heteroatoms. The smallest absolute Gasteiger partial charge is 0.269 e. The van der Waals surface area contributed by atoms with Gasteiger partial charge in [-0.3, -0.25) is 10.1 Å². The molecule has 5 rings (SSSR count). The molecule has 3 aromatic rings. The molecule has 0 amide bonds. The van der Waals surface area contributed by atoms with Crippen molar-refractivity contribution >= 4 is 17.5 Å². The molecule has 0 aromatic heterocycles. The fourth-order valence-corrected chi connectivity index (χ4v) is 4.73. The Bertz CT molecular complexity index is 1200. The number of nitro benzene ring substituents is 1. The summed E-state index contributed by atoms with van der Waals surface area (Å²) in [5.74, 6) is 0.830. The second-order valence-electron chi connectivity index (χ2n) is 8.39. The summed E-state index contributed by atoms with van der Waals surface area (Å²) in [6.45, 7) is 4.44. The van der Waals surface area contributed by atoms with Gasteiger partial charge in [0, 0.05) is 30.4 Å². The van der Waals surface area contributed by atoms with Crippen LogP contribution in [-0.4, -0.2) is 17.7 Å². The van der Waals surface area contributed by atoms with E-state index in [9.17, 15) is 10.1 Å². The van der Waals surface area contributed by atoms with Crippen LogP contribution in [-0.2, 0) is 5.41 Å². The lowest BCUT2D eigenvalue weighted by molar-refractivity contribution is -0.384. The van der Waals surface area contributed by atoms with Crippen LogP contribution >= 0.6 is 0 Å². The molecule has 3 aromatic carbocycles. The maximum atomic E-state index is 10.9. The van der Waals surface area contributed by atoms with Crippen LogP contribution in [0.5, 0.6) is 5.75 Å². The van der Waals surface area contributed by atoms with E-state index >= 15 is 0 Å². The van der Waals surface area contributed by atoms with Crippen LogP contribution in [0.25, 0.3) is 17.2 Å². The molecule has 1 atom stereocenters. The van der Waals surface area contributed by atoms with Gasteiger partial charge in [-0.2, -0.15) is 0 Å². The fourth-order valence-electron chi connectivity index (χ4n) is 4.73. The maximum Gasteiger partial charge on any atom is 0.269 e. The number of para-hydroxylation sites is 1. The van der Waals surface area contributed by atoms with E-state index in [0.717, 1.165) is 22.4 Å². The molecule has 2 heterocycles. The molecular weight excluding hydrogens is 376 g/mol. The fraction of sp³-hybridized carbons (Fsp3) is 0.200. The highest BCUT2D eigenvalue weighted by Gasteiger charge is 2.57. The Balaban J connectivity index is 1.53. The van der Waals surface area contributed by atoms with Gasteiger partial charge in [-0.05, 0) is 73.0 Å². The van der Waals surface area contributed by atoms with Crippen molar-refractivity contribution < 1.29 is 9.66 Å². The van der Waals surface area contributed by atoms with E-state index in [1.165, 1.54) is 23.4 Å². The molecule has 0 N–H and O–H groups in total. The van der Waals surface area contributed by atoms with E-state index in [0.29, 0.717) is 0 Å². The van der Waals surface area contributed by atoms with E-state index < -0.39 is 5.72 Å². The number of rotatable bonds is 2. The molecular formula is C25H22N2O3. The van der Waals surface area contributed by atoms with E-state index in [-0.39, 0.29) is 16.0 Å². The number of nitro groups is 1. The van der Waals surface area contributed by atoms with E-state index in [2.05, 4.69) is 68.3 Å². The average molecular weight is 398 g/mol. The first-order valence-electron chi connectivity index (χ1n) is 9.94. The molecule has 0 aliphatic carbocycles. The van der Waals surface area contributed by atoms with E-state index in [4.69, 9.17) is 4.74 Å². The highest BCUT2D eigenvalue weighted by molar-refractivity contribution is 5.75. The number of ether oxygens (including phenoxy) is 1. The average Bonchev–Trinajstić information content (AvgIpc) is 2.92. The summed E-state index contributed by atoms with van der Waals surface area (Å²) >= 11 is 0. The first-order valence-corrected chi connectivity index (χ1v) is 9.94. The standard InChI is InChI=1S/C25H22N2O3/c1-24(2)21-6-4-5-7-22(21)26(3)25(24)15-14-19-16-18(10-13-23(19)30-25)17-8-11-20(12-9-17)27(28)29/h4-16H,1-3H3. The summed E-state index contributed by atoms with van der Waals surface area (Å²) in [5.41, 5.74) is 4.63. The Morgan fingerprint density at radius 3 is 2.37 bits per heavy atom. The van der Waals surface area contributed by atoms with E-state index in [1.54, 1.807) is 12.1 Å². The predicted octanol–water partition coefficient (Wildman–Crippen LogP) is 5.79. The highest BCUT2D eigenvalue weighted by Crippen LogP contribution is 2.54. The SMILES string of the molecule is CN1c2ccccc2C(C)(C)C12C=Cc1cc(-c3ccc([N+](=O)[O-])cc3)ccc1O2. The topological polar surface area (TPSA) is 55.6 Å². The minimum atomic E-state index is -0.599. The quantitative estimate of drug-likeness (QED) is 0.405. The molecule has 30 heavy (non-hydrogen) atoms. The number of benzene rings is 3. The maximum absolute atomic E-state index is 10.9. The third-order valence-electron chi connectivity index (χ3n) is 6.51. The number of likely N-dealkylation sites (N-methyl/N-ethyl adjacent to an activating group) is 1. The molecule has 1 spiro atoms. The number of non-ortho nitro benzene ring substituents is 1. The minimum absolute atomic E-state index is 0.0907.